The number of fused-ring (bicyclic) bond motifs is 1. The summed E-state index contributed by atoms with van der Waals surface area (Å²) in [5.74, 6) is 1.91. The summed E-state index contributed by atoms with van der Waals surface area (Å²) in [6.45, 7) is 6.22. The van der Waals surface area contributed by atoms with Crippen molar-refractivity contribution in [3.63, 3.8) is 0 Å². The van der Waals surface area contributed by atoms with Gasteiger partial charge < -0.3 is 20.1 Å². The number of nitrogens with one attached hydrogen (secondary N) is 2. The fourth-order valence-electron chi connectivity index (χ4n) is 5.47. The third-order valence-corrected chi connectivity index (χ3v) is 10.3. The van der Waals surface area contributed by atoms with Crippen LogP contribution in [0.2, 0.25) is 5.02 Å². The standard InChI is InChI=1S/C36H32Br2ClN5O3S/c1-20-9-14-29(21(2)15-20)41-34(45)31-22(3)40-35-42-36(48-19-24-7-5-6-8-28(24)39)43-44(35)32(31)25-16-27(38)33(30(17-25)46-4)47-18-23-10-12-26(37)13-11-23/h5-17,32H,18-19H2,1-4H3,(H,41,45)(H,40,42,43). The number of nitrogens with zero attached hydrogens (tertiary/aromatic N) is 3. The van der Waals surface area contributed by atoms with Crippen molar-refractivity contribution in [3.8, 4) is 11.5 Å². The maximum atomic E-state index is 14.2. The van der Waals surface area contributed by atoms with Crippen molar-refractivity contribution in [2.45, 2.75) is 44.3 Å². The van der Waals surface area contributed by atoms with E-state index in [1.165, 1.54) is 11.8 Å². The van der Waals surface area contributed by atoms with E-state index >= 15 is 0 Å². The SMILES string of the molecule is COc1cc(C2C(C(=O)Nc3ccc(C)cc3C)=C(C)Nc3nc(SCc4ccccc4Cl)nn32)cc(Br)c1OCc1ccc(Br)cc1. The molecule has 2 N–H and O–H groups in total. The van der Waals surface area contributed by atoms with Gasteiger partial charge in [-0.25, -0.2) is 4.68 Å². The number of amides is 1. The lowest BCUT2D eigenvalue weighted by Gasteiger charge is -2.29. The van der Waals surface area contributed by atoms with Gasteiger partial charge >= 0.3 is 0 Å². The van der Waals surface area contributed by atoms with Crippen molar-refractivity contribution in [1.82, 2.24) is 14.8 Å². The van der Waals surface area contributed by atoms with Gasteiger partial charge in [-0.2, -0.15) is 4.98 Å². The largest absolute Gasteiger partial charge is 0.493 e. The number of ether oxygens (including phenoxy) is 2. The molecule has 4 aromatic carbocycles. The van der Waals surface area contributed by atoms with E-state index in [0.717, 1.165) is 38.0 Å². The highest BCUT2D eigenvalue weighted by Crippen LogP contribution is 2.44. The molecule has 1 amide bonds. The molecule has 0 fully saturated rings. The van der Waals surface area contributed by atoms with Crippen LogP contribution in [0.15, 0.2) is 104 Å². The second-order valence-corrected chi connectivity index (χ2v) is 14.5. The molecule has 0 radical (unpaired) electrons. The van der Waals surface area contributed by atoms with Crippen LogP contribution in [0.25, 0.3) is 0 Å². The maximum absolute atomic E-state index is 14.2. The zero-order valence-corrected chi connectivity index (χ0v) is 31.4. The van der Waals surface area contributed by atoms with E-state index in [4.69, 9.17) is 31.2 Å². The first-order valence-corrected chi connectivity index (χ1v) is 18.0. The Morgan fingerprint density at radius 2 is 1.81 bits per heavy atom. The first kappa shape index (κ1) is 34.1. The first-order valence-electron chi connectivity index (χ1n) is 15.0. The van der Waals surface area contributed by atoms with Crippen molar-refractivity contribution < 1.29 is 14.3 Å². The number of hydrogen-bond donors (Lipinski definition) is 2. The lowest BCUT2D eigenvalue weighted by Crippen LogP contribution is -2.31. The van der Waals surface area contributed by atoms with E-state index in [0.29, 0.717) is 55.7 Å². The highest BCUT2D eigenvalue weighted by atomic mass is 79.9. The average molecular weight is 810 g/mol. The van der Waals surface area contributed by atoms with Crippen LogP contribution in [0.3, 0.4) is 0 Å². The zero-order valence-electron chi connectivity index (χ0n) is 26.6. The number of carbonyl (C=O) groups excluding carboxylic acids is 1. The molecule has 0 bridgehead atoms. The van der Waals surface area contributed by atoms with Gasteiger partial charge in [0.1, 0.15) is 12.6 Å². The summed E-state index contributed by atoms with van der Waals surface area (Å²) in [4.78, 5) is 19.0. The van der Waals surface area contributed by atoms with Gasteiger partial charge in [0.2, 0.25) is 11.1 Å². The summed E-state index contributed by atoms with van der Waals surface area (Å²) < 4.78 is 15.5. The fraction of sp³-hybridized carbons (Fsp3) is 0.194. The van der Waals surface area contributed by atoms with E-state index in [2.05, 4.69) is 42.5 Å². The number of rotatable bonds is 10. The molecular weight excluding hydrogens is 778 g/mol. The van der Waals surface area contributed by atoms with E-state index in [9.17, 15) is 4.79 Å². The highest BCUT2D eigenvalue weighted by Gasteiger charge is 2.35. The van der Waals surface area contributed by atoms with Gasteiger partial charge in [-0.3, -0.25) is 4.79 Å². The molecule has 8 nitrogen and oxygen atoms in total. The minimum Gasteiger partial charge on any atom is -0.493 e. The van der Waals surface area contributed by atoms with Crippen molar-refractivity contribution in [3.05, 3.63) is 132 Å². The number of anilines is 2. The molecule has 0 saturated carbocycles. The number of allylic oxidation sites excluding steroid dienone is 1. The van der Waals surface area contributed by atoms with Gasteiger partial charge in [0.05, 0.1) is 17.2 Å². The van der Waals surface area contributed by atoms with Gasteiger partial charge in [-0.05, 0) is 95.4 Å². The number of benzene rings is 4. The number of thioether (sulfide) groups is 1. The molecule has 5 aromatic rings. The second-order valence-electron chi connectivity index (χ2n) is 11.3. The normalized spacial score (nSPS) is 13.9. The molecule has 48 heavy (non-hydrogen) atoms. The fourth-order valence-corrected chi connectivity index (χ4v) is 7.42. The van der Waals surface area contributed by atoms with E-state index < -0.39 is 6.04 Å². The molecule has 1 aliphatic heterocycles. The minimum atomic E-state index is -0.639. The maximum Gasteiger partial charge on any atom is 0.255 e. The highest BCUT2D eigenvalue weighted by molar-refractivity contribution is 9.10. The van der Waals surface area contributed by atoms with Crippen molar-refractivity contribution in [1.29, 1.82) is 0 Å². The van der Waals surface area contributed by atoms with Crippen LogP contribution in [0.5, 0.6) is 11.5 Å². The summed E-state index contributed by atoms with van der Waals surface area (Å²) in [5, 5.41) is 12.6. The van der Waals surface area contributed by atoms with Crippen molar-refractivity contribution in [2.75, 3.05) is 17.7 Å². The third-order valence-electron chi connectivity index (χ3n) is 7.89. The molecule has 1 aromatic heterocycles. The molecule has 246 valence electrons. The van der Waals surface area contributed by atoms with Crippen LogP contribution in [-0.2, 0) is 17.2 Å². The Morgan fingerprint density at radius 1 is 1.04 bits per heavy atom. The van der Waals surface area contributed by atoms with Crippen LogP contribution in [-0.4, -0.2) is 27.8 Å². The Balaban J connectivity index is 1.38. The van der Waals surface area contributed by atoms with Gasteiger partial charge in [-0.15, -0.1) is 5.10 Å². The lowest BCUT2D eigenvalue weighted by atomic mass is 9.94. The van der Waals surface area contributed by atoms with Crippen LogP contribution < -0.4 is 20.1 Å². The lowest BCUT2D eigenvalue weighted by molar-refractivity contribution is -0.113. The number of carbonyl (C=O) groups is 1. The summed E-state index contributed by atoms with van der Waals surface area (Å²) >= 11 is 15.1. The van der Waals surface area contributed by atoms with E-state index in [1.807, 2.05) is 99.6 Å². The molecule has 2 heterocycles. The zero-order chi connectivity index (χ0) is 33.9. The Labute approximate surface area is 305 Å². The van der Waals surface area contributed by atoms with E-state index in [-0.39, 0.29) is 5.91 Å². The number of halogens is 3. The number of methoxy groups -OCH3 is 1. The van der Waals surface area contributed by atoms with Crippen LogP contribution in [0, 0.1) is 13.8 Å². The topological polar surface area (TPSA) is 90.3 Å². The van der Waals surface area contributed by atoms with Crippen LogP contribution >= 0.6 is 55.2 Å². The van der Waals surface area contributed by atoms with Gasteiger partial charge in [-0.1, -0.05) is 87.3 Å². The first-order chi connectivity index (χ1) is 23.1. The predicted molar refractivity (Wildman–Crippen MR) is 199 cm³/mol. The second kappa shape index (κ2) is 14.8. The summed E-state index contributed by atoms with van der Waals surface area (Å²) in [6, 6.07) is 24.8. The van der Waals surface area contributed by atoms with Gasteiger partial charge in [0.15, 0.2) is 11.5 Å². The van der Waals surface area contributed by atoms with Crippen LogP contribution in [0.4, 0.5) is 11.6 Å². The van der Waals surface area contributed by atoms with Crippen molar-refractivity contribution >= 4 is 72.8 Å². The third kappa shape index (κ3) is 7.44. The number of hydrogen-bond acceptors (Lipinski definition) is 7. The quantitative estimate of drug-likeness (QED) is 0.136. The molecule has 6 rings (SSSR count). The molecule has 1 aliphatic rings. The predicted octanol–water partition coefficient (Wildman–Crippen LogP) is 9.88. The Hall–Kier alpha value is -3.77. The number of aromatic nitrogens is 3. The van der Waals surface area contributed by atoms with Gasteiger partial charge in [0, 0.05) is 26.6 Å². The Kier molecular flexibility index (Phi) is 10.5. The molecule has 0 saturated heterocycles. The average Bonchev–Trinajstić information content (AvgIpc) is 3.47. The molecular formula is C36H32Br2ClN5O3S. The van der Waals surface area contributed by atoms with Crippen molar-refractivity contribution in [2.24, 2.45) is 0 Å². The number of aryl methyl sites for hydroxylation is 2. The molecule has 1 unspecified atom stereocenters. The Bertz CT molecular complexity index is 2030. The minimum absolute atomic E-state index is 0.256. The monoisotopic (exact) mass is 807 g/mol. The van der Waals surface area contributed by atoms with Crippen LogP contribution in [0.1, 0.15) is 40.8 Å². The summed E-state index contributed by atoms with van der Waals surface area (Å²) in [5.41, 5.74) is 6.73. The summed E-state index contributed by atoms with van der Waals surface area (Å²) in [6.07, 6.45) is 0. The van der Waals surface area contributed by atoms with E-state index in [1.54, 1.807) is 11.8 Å². The van der Waals surface area contributed by atoms with Gasteiger partial charge in [0.25, 0.3) is 5.91 Å². The molecule has 0 aliphatic carbocycles. The molecule has 0 spiro atoms. The summed E-state index contributed by atoms with van der Waals surface area (Å²) in [7, 11) is 1.60. The molecule has 1 atom stereocenters. The molecule has 12 heteroatoms. The Morgan fingerprint density at radius 3 is 2.54 bits per heavy atom. The smallest absolute Gasteiger partial charge is 0.255 e.